The lowest BCUT2D eigenvalue weighted by Crippen LogP contribution is -2.36. The van der Waals surface area contributed by atoms with E-state index in [4.69, 9.17) is 0 Å². The molecule has 104 valence electrons. The largest absolute Gasteiger partial charge is 0.296 e. The fraction of sp³-hybridized carbons (Fsp3) is 0.600. The van der Waals surface area contributed by atoms with Gasteiger partial charge in [-0.2, -0.15) is 0 Å². The topological polar surface area (TPSA) is 46.4 Å². The molecule has 1 saturated carbocycles. The van der Waals surface area contributed by atoms with Gasteiger partial charge in [-0.3, -0.25) is 15.0 Å². The first-order valence-electron chi connectivity index (χ1n) is 7.18. The van der Waals surface area contributed by atoms with Crippen LogP contribution >= 0.6 is 0 Å². The first-order valence-corrected chi connectivity index (χ1v) is 7.18. The summed E-state index contributed by atoms with van der Waals surface area (Å²) in [7, 11) is 0. The van der Waals surface area contributed by atoms with Crippen molar-refractivity contribution in [1.29, 1.82) is 0 Å². The molecular weight excluding hydrogens is 240 g/mol. The number of hydrogen-bond acceptors (Lipinski definition) is 3. The third-order valence-electron chi connectivity index (χ3n) is 4.06. The van der Waals surface area contributed by atoms with Crippen LogP contribution in [0.4, 0.5) is 5.69 Å². The van der Waals surface area contributed by atoms with Gasteiger partial charge in [0.1, 0.15) is 0 Å². The van der Waals surface area contributed by atoms with E-state index in [2.05, 4.69) is 11.8 Å². The summed E-state index contributed by atoms with van der Waals surface area (Å²) in [6, 6.07) is 7.70. The Morgan fingerprint density at radius 2 is 1.95 bits per heavy atom. The normalized spacial score (nSPS) is 16.7. The van der Waals surface area contributed by atoms with Crippen molar-refractivity contribution in [3.05, 3.63) is 39.9 Å². The van der Waals surface area contributed by atoms with E-state index >= 15 is 0 Å². The number of rotatable bonds is 5. The van der Waals surface area contributed by atoms with E-state index in [1.165, 1.54) is 32.1 Å². The van der Waals surface area contributed by atoms with Gasteiger partial charge in [-0.05, 0) is 19.4 Å². The van der Waals surface area contributed by atoms with Crippen LogP contribution in [0.15, 0.2) is 24.3 Å². The smallest absolute Gasteiger partial charge is 0.273 e. The lowest BCUT2D eigenvalue weighted by Gasteiger charge is -2.33. The van der Waals surface area contributed by atoms with Crippen LogP contribution in [0.2, 0.25) is 0 Å². The maximum Gasteiger partial charge on any atom is 0.273 e. The minimum absolute atomic E-state index is 0.247. The molecule has 4 nitrogen and oxygen atoms in total. The lowest BCUT2D eigenvalue weighted by molar-refractivity contribution is -0.385. The van der Waals surface area contributed by atoms with Gasteiger partial charge in [0.25, 0.3) is 5.69 Å². The second-order valence-corrected chi connectivity index (χ2v) is 5.24. The molecule has 0 aliphatic heterocycles. The average Bonchev–Trinajstić information content (AvgIpc) is 2.46. The number of nitro groups is 1. The first-order chi connectivity index (χ1) is 9.22. The molecule has 0 heterocycles. The summed E-state index contributed by atoms with van der Waals surface area (Å²) < 4.78 is 0. The molecule has 1 fully saturated rings. The molecule has 0 radical (unpaired) electrons. The van der Waals surface area contributed by atoms with Crippen molar-refractivity contribution >= 4 is 5.69 Å². The summed E-state index contributed by atoms with van der Waals surface area (Å²) >= 11 is 0. The van der Waals surface area contributed by atoms with Crippen LogP contribution < -0.4 is 0 Å². The van der Waals surface area contributed by atoms with E-state index < -0.39 is 0 Å². The van der Waals surface area contributed by atoms with Crippen molar-refractivity contribution in [3.63, 3.8) is 0 Å². The molecule has 2 rings (SSSR count). The monoisotopic (exact) mass is 262 g/mol. The van der Waals surface area contributed by atoms with E-state index in [0.717, 1.165) is 12.1 Å². The average molecular weight is 262 g/mol. The molecular formula is C15H22N2O2. The van der Waals surface area contributed by atoms with Gasteiger partial charge in [0, 0.05) is 24.2 Å². The van der Waals surface area contributed by atoms with Crippen LogP contribution in [0, 0.1) is 10.1 Å². The van der Waals surface area contributed by atoms with Gasteiger partial charge in [0.15, 0.2) is 0 Å². The molecule has 1 aliphatic carbocycles. The molecule has 0 unspecified atom stereocenters. The summed E-state index contributed by atoms with van der Waals surface area (Å²) in [4.78, 5) is 13.2. The second-order valence-electron chi connectivity index (χ2n) is 5.24. The summed E-state index contributed by atoms with van der Waals surface area (Å²) in [5, 5.41) is 11.1. The summed E-state index contributed by atoms with van der Waals surface area (Å²) in [6.07, 6.45) is 6.37. The highest BCUT2D eigenvalue weighted by Gasteiger charge is 2.22. The van der Waals surface area contributed by atoms with Crippen LogP contribution in [0.1, 0.15) is 44.6 Å². The number of nitro benzene ring substituents is 1. The van der Waals surface area contributed by atoms with Crippen LogP contribution in [0.25, 0.3) is 0 Å². The lowest BCUT2D eigenvalue weighted by atomic mass is 9.94. The van der Waals surface area contributed by atoms with Crippen molar-refractivity contribution in [2.24, 2.45) is 0 Å². The van der Waals surface area contributed by atoms with Crippen LogP contribution in [-0.2, 0) is 6.54 Å². The zero-order chi connectivity index (χ0) is 13.7. The molecule has 0 aromatic heterocycles. The van der Waals surface area contributed by atoms with E-state index in [1.807, 2.05) is 12.1 Å². The summed E-state index contributed by atoms with van der Waals surface area (Å²) in [5.41, 5.74) is 1.08. The third kappa shape index (κ3) is 3.53. The van der Waals surface area contributed by atoms with Gasteiger partial charge < -0.3 is 0 Å². The van der Waals surface area contributed by atoms with Crippen LogP contribution in [0.5, 0.6) is 0 Å². The van der Waals surface area contributed by atoms with Gasteiger partial charge in [-0.1, -0.05) is 44.4 Å². The van der Waals surface area contributed by atoms with Crippen molar-refractivity contribution in [2.45, 2.75) is 51.6 Å². The molecule has 0 N–H and O–H groups in total. The molecule has 0 amide bonds. The SMILES string of the molecule is CCN(Cc1ccccc1[N+](=O)[O-])C1CCCCC1. The molecule has 1 aromatic carbocycles. The second kappa shape index (κ2) is 6.66. The fourth-order valence-corrected chi connectivity index (χ4v) is 2.99. The standard InChI is InChI=1S/C15H22N2O2/c1-2-16(14-9-4-3-5-10-14)12-13-8-6-7-11-15(13)17(18)19/h6-8,11,14H,2-5,9-10,12H2,1H3. The maximum absolute atomic E-state index is 11.1. The summed E-state index contributed by atoms with van der Waals surface area (Å²) in [5.74, 6) is 0. The Morgan fingerprint density at radius 1 is 1.26 bits per heavy atom. The zero-order valence-electron chi connectivity index (χ0n) is 11.5. The van der Waals surface area contributed by atoms with Gasteiger partial charge in [-0.25, -0.2) is 0 Å². The minimum atomic E-state index is -0.274. The highest BCUT2D eigenvalue weighted by Crippen LogP contribution is 2.26. The van der Waals surface area contributed by atoms with Gasteiger partial charge in [-0.15, -0.1) is 0 Å². The van der Waals surface area contributed by atoms with Crippen molar-refractivity contribution < 1.29 is 4.92 Å². The summed E-state index contributed by atoms with van der Waals surface area (Å²) in [6.45, 7) is 3.79. The van der Waals surface area contributed by atoms with Crippen LogP contribution in [-0.4, -0.2) is 22.4 Å². The first kappa shape index (κ1) is 14.0. The predicted molar refractivity (Wildman–Crippen MR) is 76.1 cm³/mol. The van der Waals surface area contributed by atoms with E-state index in [0.29, 0.717) is 12.6 Å². The Bertz CT molecular complexity index is 428. The van der Waals surface area contributed by atoms with Crippen molar-refractivity contribution in [3.8, 4) is 0 Å². The molecule has 0 spiro atoms. The number of hydrogen-bond donors (Lipinski definition) is 0. The van der Waals surface area contributed by atoms with Crippen LogP contribution in [0.3, 0.4) is 0 Å². The maximum atomic E-state index is 11.1. The molecule has 0 bridgehead atoms. The van der Waals surface area contributed by atoms with Gasteiger partial charge in [0.2, 0.25) is 0 Å². The molecule has 0 saturated heterocycles. The molecule has 1 aliphatic rings. The Kier molecular flexibility index (Phi) is 4.91. The predicted octanol–water partition coefficient (Wildman–Crippen LogP) is 3.75. The number of benzene rings is 1. The fourth-order valence-electron chi connectivity index (χ4n) is 2.99. The number of nitrogens with zero attached hydrogens (tertiary/aromatic N) is 2. The molecule has 0 atom stereocenters. The van der Waals surface area contributed by atoms with Gasteiger partial charge >= 0.3 is 0 Å². The van der Waals surface area contributed by atoms with Gasteiger partial charge in [0.05, 0.1) is 4.92 Å². The number of para-hydroxylation sites is 1. The highest BCUT2D eigenvalue weighted by atomic mass is 16.6. The Hall–Kier alpha value is -1.42. The molecule has 19 heavy (non-hydrogen) atoms. The minimum Gasteiger partial charge on any atom is -0.296 e. The molecule has 4 heteroatoms. The Labute approximate surface area is 114 Å². The highest BCUT2D eigenvalue weighted by molar-refractivity contribution is 5.39. The van der Waals surface area contributed by atoms with E-state index in [9.17, 15) is 10.1 Å². The zero-order valence-corrected chi connectivity index (χ0v) is 11.5. The van der Waals surface area contributed by atoms with E-state index in [-0.39, 0.29) is 10.6 Å². The van der Waals surface area contributed by atoms with E-state index in [1.54, 1.807) is 12.1 Å². The van der Waals surface area contributed by atoms with Crippen molar-refractivity contribution in [1.82, 2.24) is 4.90 Å². The Morgan fingerprint density at radius 3 is 2.58 bits per heavy atom. The Balaban J connectivity index is 2.11. The van der Waals surface area contributed by atoms with Crippen molar-refractivity contribution in [2.75, 3.05) is 6.54 Å². The quantitative estimate of drug-likeness (QED) is 0.599. The third-order valence-corrected chi connectivity index (χ3v) is 4.06. The molecule has 1 aromatic rings.